The van der Waals surface area contributed by atoms with Gasteiger partial charge in [0.2, 0.25) is 5.09 Å². The second-order valence-corrected chi connectivity index (χ2v) is 7.01. The Labute approximate surface area is 115 Å². The van der Waals surface area contributed by atoms with E-state index in [2.05, 4.69) is 15.0 Å². The lowest BCUT2D eigenvalue weighted by Crippen LogP contribution is -2.17. The Morgan fingerprint density at radius 2 is 2.16 bits per heavy atom. The predicted molar refractivity (Wildman–Crippen MR) is 72.3 cm³/mol. The molecule has 0 saturated heterocycles. The molecule has 2 aromatic rings. The van der Waals surface area contributed by atoms with Crippen molar-refractivity contribution in [2.45, 2.75) is 25.1 Å². The summed E-state index contributed by atoms with van der Waals surface area (Å²) in [5.41, 5.74) is 0. The van der Waals surface area contributed by atoms with Crippen molar-refractivity contribution in [1.82, 2.24) is 15.0 Å². The number of rotatable bonds is 6. The van der Waals surface area contributed by atoms with E-state index in [0.29, 0.717) is 18.8 Å². The second-order valence-electron chi connectivity index (χ2n) is 3.88. The Bertz CT molecular complexity index is 646. The zero-order chi connectivity index (χ0) is 13.9. The SMILES string of the molecule is CNS(=O)(=O)c1ccc(CNCc2cnc(C)s2)o1. The lowest BCUT2D eigenvalue weighted by atomic mass is 10.4. The molecule has 0 bridgehead atoms. The smallest absolute Gasteiger partial charge is 0.273 e. The third-order valence-corrected chi connectivity index (χ3v) is 4.64. The van der Waals surface area contributed by atoms with Crippen LogP contribution in [0, 0.1) is 6.92 Å². The topological polar surface area (TPSA) is 84.2 Å². The van der Waals surface area contributed by atoms with Crippen LogP contribution in [0.2, 0.25) is 0 Å². The summed E-state index contributed by atoms with van der Waals surface area (Å²) in [7, 11) is -2.15. The quantitative estimate of drug-likeness (QED) is 0.838. The first-order valence-corrected chi connectivity index (χ1v) is 7.95. The molecule has 0 aliphatic heterocycles. The van der Waals surface area contributed by atoms with E-state index in [1.54, 1.807) is 17.4 Å². The first-order chi connectivity index (χ1) is 9.01. The number of aromatic nitrogens is 1. The van der Waals surface area contributed by atoms with Crippen molar-refractivity contribution in [2.24, 2.45) is 0 Å². The summed E-state index contributed by atoms with van der Waals surface area (Å²) in [5.74, 6) is 0.579. The van der Waals surface area contributed by atoms with E-state index in [0.717, 1.165) is 9.88 Å². The van der Waals surface area contributed by atoms with Gasteiger partial charge in [-0.25, -0.2) is 18.1 Å². The van der Waals surface area contributed by atoms with Crippen LogP contribution in [-0.2, 0) is 23.1 Å². The highest BCUT2D eigenvalue weighted by molar-refractivity contribution is 7.89. The lowest BCUT2D eigenvalue weighted by molar-refractivity contribution is 0.400. The van der Waals surface area contributed by atoms with Crippen LogP contribution in [0.4, 0.5) is 0 Å². The van der Waals surface area contributed by atoms with Crippen molar-refractivity contribution in [2.75, 3.05) is 7.05 Å². The first kappa shape index (κ1) is 14.2. The molecule has 0 amide bonds. The summed E-state index contributed by atoms with van der Waals surface area (Å²) in [4.78, 5) is 5.29. The number of furan rings is 1. The van der Waals surface area contributed by atoms with Gasteiger partial charge in [-0.2, -0.15) is 0 Å². The van der Waals surface area contributed by atoms with Gasteiger partial charge in [-0.05, 0) is 26.1 Å². The van der Waals surface area contributed by atoms with Crippen molar-refractivity contribution >= 4 is 21.4 Å². The minimum atomic E-state index is -3.50. The minimum Gasteiger partial charge on any atom is -0.447 e. The maximum absolute atomic E-state index is 11.5. The number of hydrogen-bond donors (Lipinski definition) is 2. The average molecular weight is 301 g/mol. The maximum atomic E-state index is 11.5. The molecule has 0 spiro atoms. The molecule has 104 valence electrons. The third kappa shape index (κ3) is 3.63. The Balaban J connectivity index is 1.90. The van der Waals surface area contributed by atoms with Crippen molar-refractivity contribution < 1.29 is 12.8 Å². The molecule has 8 heteroatoms. The van der Waals surface area contributed by atoms with E-state index in [1.165, 1.54) is 13.1 Å². The molecule has 2 heterocycles. The van der Waals surface area contributed by atoms with E-state index in [-0.39, 0.29) is 5.09 Å². The largest absolute Gasteiger partial charge is 0.447 e. The molecule has 0 atom stereocenters. The fraction of sp³-hybridized carbons (Fsp3) is 0.364. The number of thiazole rings is 1. The highest BCUT2D eigenvalue weighted by Gasteiger charge is 2.15. The molecule has 0 aliphatic rings. The summed E-state index contributed by atoms with van der Waals surface area (Å²) >= 11 is 1.63. The van der Waals surface area contributed by atoms with Crippen molar-refractivity contribution in [3.05, 3.63) is 34.0 Å². The summed E-state index contributed by atoms with van der Waals surface area (Å²) in [5, 5.41) is 4.13. The van der Waals surface area contributed by atoms with Gasteiger partial charge < -0.3 is 9.73 Å². The van der Waals surface area contributed by atoms with Gasteiger partial charge in [0, 0.05) is 17.6 Å². The molecule has 0 aromatic carbocycles. The fourth-order valence-electron chi connectivity index (χ4n) is 1.49. The Kier molecular flexibility index (Phi) is 4.35. The Morgan fingerprint density at radius 3 is 2.79 bits per heavy atom. The first-order valence-electron chi connectivity index (χ1n) is 5.65. The molecule has 0 saturated carbocycles. The molecule has 2 N–H and O–H groups in total. The molecule has 2 rings (SSSR count). The monoisotopic (exact) mass is 301 g/mol. The van der Waals surface area contributed by atoms with Crippen LogP contribution in [0.25, 0.3) is 0 Å². The van der Waals surface area contributed by atoms with Gasteiger partial charge >= 0.3 is 0 Å². The standard InChI is InChI=1S/C11H15N3O3S2/c1-8-14-7-10(18-8)6-13-5-9-3-4-11(17-9)19(15,16)12-2/h3-4,7,12-13H,5-6H2,1-2H3. The van der Waals surface area contributed by atoms with E-state index in [1.807, 2.05) is 13.1 Å². The van der Waals surface area contributed by atoms with Crippen molar-refractivity contribution in [1.29, 1.82) is 0 Å². The van der Waals surface area contributed by atoms with E-state index >= 15 is 0 Å². The molecular formula is C11H15N3O3S2. The summed E-state index contributed by atoms with van der Waals surface area (Å²) in [6, 6.07) is 3.09. The van der Waals surface area contributed by atoms with Crippen LogP contribution in [0.3, 0.4) is 0 Å². The van der Waals surface area contributed by atoms with Gasteiger partial charge in [0.05, 0.1) is 11.6 Å². The highest BCUT2D eigenvalue weighted by atomic mass is 32.2. The molecule has 0 fully saturated rings. The normalized spacial score (nSPS) is 11.9. The summed E-state index contributed by atoms with van der Waals surface area (Å²) < 4.78 is 30.4. The molecule has 0 radical (unpaired) electrons. The number of sulfonamides is 1. The Hall–Kier alpha value is -1.22. The highest BCUT2D eigenvalue weighted by Crippen LogP contribution is 2.14. The number of nitrogens with one attached hydrogen (secondary N) is 2. The Morgan fingerprint density at radius 1 is 1.37 bits per heavy atom. The van der Waals surface area contributed by atoms with Gasteiger partial charge in [-0.3, -0.25) is 0 Å². The molecule has 2 aromatic heterocycles. The van der Waals surface area contributed by atoms with Crippen LogP contribution in [0.15, 0.2) is 27.8 Å². The lowest BCUT2D eigenvalue weighted by Gasteiger charge is -2.00. The number of aryl methyl sites for hydroxylation is 1. The van der Waals surface area contributed by atoms with E-state index in [9.17, 15) is 8.42 Å². The zero-order valence-corrected chi connectivity index (χ0v) is 12.3. The van der Waals surface area contributed by atoms with Crippen LogP contribution < -0.4 is 10.0 Å². The van der Waals surface area contributed by atoms with Crippen LogP contribution in [0.5, 0.6) is 0 Å². The van der Waals surface area contributed by atoms with Gasteiger partial charge in [-0.15, -0.1) is 11.3 Å². The molecule has 0 unspecified atom stereocenters. The molecule has 0 aliphatic carbocycles. The summed E-state index contributed by atoms with van der Waals surface area (Å²) in [6.07, 6.45) is 1.83. The van der Waals surface area contributed by atoms with Crippen molar-refractivity contribution in [3.8, 4) is 0 Å². The predicted octanol–water partition coefficient (Wildman–Crippen LogP) is 1.24. The number of nitrogens with zero attached hydrogens (tertiary/aromatic N) is 1. The maximum Gasteiger partial charge on any atom is 0.273 e. The van der Waals surface area contributed by atoms with Gasteiger partial charge in [0.1, 0.15) is 5.76 Å². The molecular weight excluding hydrogens is 286 g/mol. The second kappa shape index (κ2) is 5.83. The van der Waals surface area contributed by atoms with Crippen LogP contribution in [0.1, 0.15) is 15.6 Å². The van der Waals surface area contributed by atoms with Crippen LogP contribution in [-0.4, -0.2) is 20.4 Å². The van der Waals surface area contributed by atoms with Crippen LogP contribution >= 0.6 is 11.3 Å². The fourth-order valence-corrected chi connectivity index (χ4v) is 2.92. The van der Waals surface area contributed by atoms with E-state index in [4.69, 9.17) is 4.42 Å². The van der Waals surface area contributed by atoms with Crippen molar-refractivity contribution in [3.63, 3.8) is 0 Å². The van der Waals surface area contributed by atoms with Gasteiger partial charge in [0.15, 0.2) is 0 Å². The summed E-state index contributed by atoms with van der Waals surface area (Å²) in [6.45, 7) is 3.10. The van der Waals surface area contributed by atoms with Gasteiger partial charge in [-0.1, -0.05) is 0 Å². The zero-order valence-electron chi connectivity index (χ0n) is 10.6. The third-order valence-electron chi connectivity index (χ3n) is 2.44. The number of hydrogen-bond acceptors (Lipinski definition) is 6. The van der Waals surface area contributed by atoms with Gasteiger partial charge in [0.25, 0.3) is 10.0 Å². The van der Waals surface area contributed by atoms with E-state index < -0.39 is 10.0 Å². The molecule has 19 heavy (non-hydrogen) atoms. The average Bonchev–Trinajstić information content (AvgIpc) is 2.99. The molecule has 6 nitrogen and oxygen atoms in total. The minimum absolute atomic E-state index is 0.0690.